The first kappa shape index (κ1) is 21.0. The van der Waals surface area contributed by atoms with Crippen molar-refractivity contribution in [2.75, 3.05) is 13.2 Å². The minimum atomic E-state index is -4.64. The van der Waals surface area contributed by atoms with Crippen LogP contribution < -0.4 is 0 Å². The lowest BCUT2D eigenvalue weighted by atomic mass is 9.71. The Morgan fingerprint density at radius 1 is 0.889 bits per heavy atom. The van der Waals surface area contributed by atoms with E-state index in [0.29, 0.717) is 19.1 Å². The van der Waals surface area contributed by atoms with E-state index in [1.165, 1.54) is 19.8 Å². The van der Waals surface area contributed by atoms with Crippen LogP contribution in [-0.4, -0.2) is 37.6 Å². The second-order valence-corrected chi connectivity index (χ2v) is 8.85. The van der Waals surface area contributed by atoms with Gasteiger partial charge in [-0.05, 0) is 43.4 Å². The molecular weight excluding hydrogens is 364 g/mol. The molecule has 0 aromatic heterocycles. The van der Waals surface area contributed by atoms with Crippen molar-refractivity contribution in [1.82, 2.24) is 0 Å². The molecule has 3 rings (SSSR count). The number of rotatable bonds is 3. The van der Waals surface area contributed by atoms with Gasteiger partial charge in [0.1, 0.15) is 6.17 Å². The molecule has 0 aromatic rings. The predicted octanol–water partition coefficient (Wildman–Crippen LogP) is 4.93. The summed E-state index contributed by atoms with van der Waals surface area (Å²) in [7, 11) is 0. The molecule has 2 saturated carbocycles. The fourth-order valence-electron chi connectivity index (χ4n) is 5.03. The van der Waals surface area contributed by atoms with E-state index in [-0.39, 0.29) is 18.8 Å². The van der Waals surface area contributed by atoms with Gasteiger partial charge in [0.2, 0.25) is 6.29 Å². The highest BCUT2D eigenvalue weighted by atomic mass is 19.4. The highest BCUT2D eigenvalue weighted by Crippen LogP contribution is 2.46. The molecule has 1 heterocycles. The van der Waals surface area contributed by atoms with Crippen LogP contribution in [0.3, 0.4) is 0 Å². The van der Waals surface area contributed by atoms with Crippen molar-refractivity contribution < 1.29 is 31.8 Å². The molecule has 0 aromatic carbocycles. The van der Waals surface area contributed by atoms with E-state index in [9.17, 15) is 22.4 Å². The van der Waals surface area contributed by atoms with Crippen LogP contribution >= 0.6 is 0 Å². The molecule has 2 aliphatic carbocycles. The zero-order chi connectivity index (χ0) is 19.8. The summed E-state index contributed by atoms with van der Waals surface area (Å²) in [6, 6.07) is 0. The maximum Gasteiger partial charge on any atom is 0.394 e. The molecule has 0 radical (unpaired) electrons. The molecule has 0 amide bonds. The highest BCUT2D eigenvalue weighted by Gasteiger charge is 2.55. The van der Waals surface area contributed by atoms with Gasteiger partial charge in [-0.3, -0.25) is 4.79 Å². The van der Waals surface area contributed by atoms with E-state index in [1.54, 1.807) is 0 Å². The number of carbonyl (C=O) groups excluding carboxylic acids is 1. The molecule has 27 heavy (non-hydrogen) atoms. The van der Waals surface area contributed by atoms with Gasteiger partial charge < -0.3 is 9.47 Å². The Hall–Kier alpha value is -0.690. The lowest BCUT2D eigenvalue weighted by Gasteiger charge is -2.40. The molecular formula is C20H30F4O3. The van der Waals surface area contributed by atoms with Crippen LogP contribution in [0.1, 0.15) is 52.4 Å². The molecule has 4 unspecified atom stereocenters. The Morgan fingerprint density at radius 3 is 2.04 bits per heavy atom. The number of carbonyl (C=O) groups is 1. The van der Waals surface area contributed by atoms with Gasteiger partial charge in [0, 0.05) is 5.92 Å². The van der Waals surface area contributed by atoms with Crippen LogP contribution in [0.15, 0.2) is 0 Å². The molecule has 0 N–H and O–H groups in total. The summed E-state index contributed by atoms with van der Waals surface area (Å²) < 4.78 is 65.3. The molecule has 156 valence electrons. The summed E-state index contributed by atoms with van der Waals surface area (Å²) in [5, 5.41) is 0. The maximum absolute atomic E-state index is 14.6. The van der Waals surface area contributed by atoms with Crippen LogP contribution in [0.5, 0.6) is 0 Å². The van der Waals surface area contributed by atoms with Crippen LogP contribution in [0.4, 0.5) is 17.6 Å². The third-order valence-electron chi connectivity index (χ3n) is 6.90. The zero-order valence-electron chi connectivity index (χ0n) is 16.0. The molecule has 0 spiro atoms. The van der Waals surface area contributed by atoms with Crippen molar-refractivity contribution >= 4 is 5.78 Å². The average molecular weight is 394 g/mol. The Bertz CT molecular complexity index is 508. The van der Waals surface area contributed by atoms with Crippen molar-refractivity contribution in [2.45, 2.75) is 71.0 Å². The van der Waals surface area contributed by atoms with Crippen LogP contribution in [0.25, 0.3) is 0 Å². The van der Waals surface area contributed by atoms with E-state index in [0.717, 1.165) is 18.8 Å². The SMILES string of the molecule is CC1CCC(C2COC(C(=O)C3CCC(C)C(C(F)(F)F)C3F)OC2)CC1. The monoisotopic (exact) mass is 394 g/mol. The van der Waals surface area contributed by atoms with Crippen molar-refractivity contribution in [2.24, 2.45) is 35.5 Å². The van der Waals surface area contributed by atoms with Gasteiger partial charge in [-0.25, -0.2) is 4.39 Å². The summed E-state index contributed by atoms with van der Waals surface area (Å²) in [5.74, 6) is -3.45. The van der Waals surface area contributed by atoms with E-state index in [4.69, 9.17) is 9.47 Å². The third-order valence-corrected chi connectivity index (χ3v) is 6.90. The molecule has 3 nitrogen and oxygen atoms in total. The minimum Gasteiger partial charge on any atom is -0.346 e. The van der Waals surface area contributed by atoms with Crippen LogP contribution in [-0.2, 0) is 14.3 Å². The number of hydrogen-bond acceptors (Lipinski definition) is 3. The zero-order valence-corrected chi connectivity index (χ0v) is 16.0. The normalized spacial score (nSPS) is 44.1. The second kappa shape index (κ2) is 8.36. The van der Waals surface area contributed by atoms with Crippen molar-refractivity contribution in [1.29, 1.82) is 0 Å². The third kappa shape index (κ3) is 4.66. The Kier molecular flexibility index (Phi) is 6.51. The number of hydrogen-bond donors (Lipinski definition) is 0. The smallest absolute Gasteiger partial charge is 0.346 e. The first-order valence-corrected chi connectivity index (χ1v) is 10.2. The van der Waals surface area contributed by atoms with Crippen LogP contribution in [0, 0.1) is 35.5 Å². The summed E-state index contributed by atoms with van der Waals surface area (Å²) in [5.41, 5.74) is 0. The van der Waals surface area contributed by atoms with Gasteiger partial charge >= 0.3 is 6.18 Å². The first-order valence-electron chi connectivity index (χ1n) is 10.2. The van der Waals surface area contributed by atoms with Crippen molar-refractivity contribution in [3.63, 3.8) is 0 Å². The minimum absolute atomic E-state index is 0.112. The Balaban J connectivity index is 1.56. The summed E-state index contributed by atoms with van der Waals surface area (Å²) >= 11 is 0. The van der Waals surface area contributed by atoms with Crippen molar-refractivity contribution in [3.05, 3.63) is 0 Å². The molecule has 7 heteroatoms. The van der Waals surface area contributed by atoms with E-state index < -0.39 is 42.2 Å². The number of ketones is 1. The fourth-order valence-corrected chi connectivity index (χ4v) is 5.03. The molecule has 3 fully saturated rings. The molecule has 1 aliphatic heterocycles. The lowest BCUT2D eigenvalue weighted by Crippen LogP contribution is -2.50. The Labute approximate surface area is 158 Å². The quantitative estimate of drug-likeness (QED) is 0.637. The summed E-state index contributed by atoms with van der Waals surface area (Å²) in [4.78, 5) is 12.6. The fraction of sp³-hybridized carbons (Fsp3) is 0.950. The lowest BCUT2D eigenvalue weighted by molar-refractivity contribution is -0.230. The van der Waals surface area contributed by atoms with Gasteiger partial charge in [-0.2, -0.15) is 13.2 Å². The van der Waals surface area contributed by atoms with Crippen molar-refractivity contribution in [3.8, 4) is 0 Å². The first-order chi connectivity index (χ1) is 12.7. The van der Waals surface area contributed by atoms with Gasteiger partial charge in [0.15, 0.2) is 5.78 Å². The number of alkyl halides is 4. The number of ether oxygens (including phenoxy) is 2. The standard InChI is InChI=1S/C20H30F4O3/c1-11-3-6-13(7-4-11)14-9-26-19(27-10-14)18(25)15-8-5-12(2)16(17(15)21)20(22,23)24/h11-17,19H,3-10H2,1-2H3. The van der Waals surface area contributed by atoms with Gasteiger partial charge in [-0.1, -0.05) is 26.7 Å². The molecule has 1 saturated heterocycles. The van der Waals surface area contributed by atoms with Gasteiger partial charge in [0.05, 0.1) is 25.0 Å². The highest BCUT2D eigenvalue weighted by molar-refractivity contribution is 5.85. The predicted molar refractivity (Wildman–Crippen MR) is 91.6 cm³/mol. The molecule has 0 bridgehead atoms. The van der Waals surface area contributed by atoms with Gasteiger partial charge in [0.25, 0.3) is 0 Å². The second-order valence-electron chi connectivity index (χ2n) is 8.85. The molecule has 4 atom stereocenters. The topological polar surface area (TPSA) is 35.5 Å². The largest absolute Gasteiger partial charge is 0.394 e. The van der Waals surface area contributed by atoms with Crippen LogP contribution in [0.2, 0.25) is 0 Å². The number of Topliss-reactive ketones (excluding diaryl/α,β-unsaturated/α-hetero) is 1. The molecule has 3 aliphatic rings. The number of halogens is 4. The van der Waals surface area contributed by atoms with E-state index in [1.807, 2.05) is 0 Å². The van der Waals surface area contributed by atoms with Gasteiger partial charge in [-0.15, -0.1) is 0 Å². The summed E-state index contributed by atoms with van der Waals surface area (Å²) in [6.45, 7) is 4.36. The summed E-state index contributed by atoms with van der Waals surface area (Å²) in [6.07, 6.45) is -3.25. The maximum atomic E-state index is 14.6. The van der Waals surface area contributed by atoms with E-state index >= 15 is 0 Å². The Morgan fingerprint density at radius 2 is 1.48 bits per heavy atom. The average Bonchev–Trinajstić information content (AvgIpc) is 2.61. The van der Waals surface area contributed by atoms with E-state index in [2.05, 4.69) is 6.92 Å².